The topological polar surface area (TPSA) is 55.6 Å². The van der Waals surface area contributed by atoms with E-state index in [4.69, 9.17) is 10.5 Å². The Balaban J connectivity index is 2.56. The van der Waals surface area contributed by atoms with E-state index in [-0.39, 0.29) is 17.6 Å². The van der Waals surface area contributed by atoms with Crippen molar-refractivity contribution in [1.29, 1.82) is 0 Å². The van der Waals surface area contributed by atoms with Crippen molar-refractivity contribution in [3.05, 3.63) is 11.6 Å². The predicted molar refractivity (Wildman–Crippen MR) is 73.2 cm³/mol. The maximum atomic E-state index is 12.2. The van der Waals surface area contributed by atoms with Gasteiger partial charge >= 0.3 is 0 Å². The number of amides is 1. The molecule has 0 fully saturated rings. The molecule has 1 aliphatic heterocycles. The third kappa shape index (κ3) is 4.42. The summed E-state index contributed by atoms with van der Waals surface area (Å²) in [6.45, 7) is 11.3. The minimum atomic E-state index is -0.587. The van der Waals surface area contributed by atoms with Crippen LogP contribution in [0.2, 0.25) is 0 Å². The van der Waals surface area contributed by atoms with Crippen molar-refractivity contribution in [3.63, 3.8) is 0 Å². The zero-order valence-corrected chi connectivity index (χ0v) is 12.2. The molecule has 0 radical (unpaired) electrons. The molecule has 0 aliphatic carbocycles. The average Bonchev–Trinajstić information content (AvgIpc) is 2.26. The number of ether oxygens (including phenoxy) is 1. The standard InChI is InChI=1S/C14H26N2O2/c1-10-6-8-16(9-7-10)13(17)12(15)11(2)18-14(3,4)5/h6,11-12H,7-9,15H2,1-5H3/t11-,12+/m1/s1. The summed E-state index contributed by atoms with van der Waals surface area (Å²) in [5.41, 5.74) is 7.05. The summed E-state index contributed by atoms with van der Waals surface area (Å²) in [6, 6.07) is -0.587. The van der Waals surface area contributed by atoms with Crippen LogP contribution < -0.4 is 5.73 Å². The Kier molecular flexibility index (Phi) is 4.93. The lowest BCUT2D eigenvalue weighted by Gasteiger charge is -2.32. The van der Waals surface area contributed by atoms with Crippen LogP contribution in [0.5, 0.6) is 0 Å². The molecule has 4 heteroatoms. The summed E-state index contributed by atoms with van der Waals surface area (Å²) in [4.78, 5) is 14.0. The van der Waals surface area contributed by atoms with E-state index in [1.165, 1.54) is 5.57 Å². The highest BCUT2D eigenvalue weighted by Crippen LogP contribution is 2.15. The number of rotatable bonds is 3. The van der Waals surface area contributed by atoms with Gasteiger partial charge in [-0.2, -0.15) is 0 Å². The molecule has 4 nitrogen and oxygen atoms in total. The highest BCUT2D eigenvalue weighted by atomic mass is 16.5. The van der Waals surface area contributed by atoms with Gasteiger partial charge in [-0.25, -0.2) is 0 Å². The molecular formula is C14H26N2O2. The van der Waals surface area contributed by atoms with Crippen molar-refractivity contribution < 1.29 is 9.53 Å². The summed E-state index contributed by atoms with van der Waals surface area (Å²) in [7, 11) is 0. The van der Waals surface area contributed by atoms with Crippen molar-refractivity contribution in [1.82, 2.24) is 4.90 Å². The first-order valence-corrected chi connectivity index (χ1v) is 6.58. The molecule has 0 aromatic rings. The second kappa shape index (κ2) is 5.85. The molecule has 0 spiro atoms. The van der Waals surface area contributed by atoms with Crippen LogP contribution in [0.15, 0.2) is 11.6 Å². The zero-order valence-electron chi connectivity index (χ0n) is 12.2. The fraction of sp³-hybridized carbons (Fsp3) is 0.786. The largest absolute Gasteiger partial charge is 0.371 e. The summed E-state index contributed by atoms with van der Waals surface area (Å²) in [6.07, 6.45) is 2.75. The highest BCUT2D eigenvalue weighted by Gasteiger charge is 2.29. The Morgan fingerprint density at radius 1 is 1.50 bits per heavy atom. The predicted octanol–water partition coefficient (Wildman–Crippen LogP) is 1.70. The Morgan fingerprint density at radius 3 is 2.56 bits per heavy atom. The molecule has 1 aliphatic rings. The first kappa shape index (κ1) is 15.2. The van der Waals surface area contributed by atoms with Gasteiger partial charge in [-0.05, 0) is 41.0 Å². The van der Waals surface area contributed by atoms with Crippen molar-refractivity contribution in [2.75, 3.05) is 13.1 Å². The number of nitrogens with two attached hydrogens (primary N) is 1. The third-order valence-corrected chi connectivity index (χ3v) is 3.08. The molecule has 1 amide bonds. The van der Waals surface area contributed by atoms with E-state index in [1.807, 2.05) is 27.7 Å². The van der Waals surface area contributed by atoms with Gasteiger partial charge in [0.25, 0.3) is 0 Å². The second-order valence-electron chi connectivity index (χ2n) is 6.05. The van der Waals surface area contributed by atoms with Crippen molar-refractivity contribution >= 4 is 5.91 Å². The summed E-state index contributed by atoms with van der Waals surface area (Å²) >= 11 is 0. The van der Waals surface area contributed by atoms with Crippen molar-refractivity contribution in [2.45, 2.75) is 58.8 Å². The van der Waals surface area contributed by atoms with E-state index in [9.17, 15) is 4.79 Å². The fourth-order valence-corrected chi connectivity index (χ4v) is 2.01. The Morgan fingerprint density at radius 2 is 2.11 bits per heavy atom. The van der Waals surface area contributed by atoms with Crippen molar-refractivity contribution in [3.8, 4) is 0 Å². The summed E-state index contributed by atoms with van der Waals surface area (Å²) in [5, 5.41) is 0. The Labute approximate surface area is 110 Å². The Bertz CT molecular complexity index is 331. The smallest absolute Gasteiger partial charge is 0.242 e. The molecule has 1 heterocycles. The van der Waals surface area contributed by atoms with Gasteiger partial charge in [0.1, 0.15) is 6.04 Å². The van der Waals surface area contributed by atoms with Gasteiger partial charge in [0.2, 0.25) is 5.91 Å². The molecule has 2 atom stereocenters. The third-order valence-electron chi connectivity index (χ3n) is 3.08. The van der Waals surface area contributed by atoms with E-state index in [0.29, 0.717) is 6.54 Å². The van der Waals surface area contributed by atoms with E-state index in [2.05, 4.69) is 13.0 Å². The number of hydrogen-bond acceptors (Lipinski definition) is 3. The molecule has 0 unspecified atom stereocenters. The van der Waals surface area contributed by atoms with Crippen molar-refractivity contribution in [2.24, 2.45) is 5.73 Å². The molecule has 0 aromatic heterocycles. The van der Waals surface area contributed by atoms with Crippen LogP contribution in [0.3, 0.4) is 0 Å². The SMILES string of the molecule is CC1=CCN(C(=O)[C@@H](N)[C@@H](C)OC(C)(C)C)CC1. The van der Waals surface area contributed by atoms with Gasteiger partial charge in [-0.1, -0.05) is 11.6 Å². The van der Waals surface area contributed by atoms with Crippen LogP contribution in [0, 0.1) is 0 Å². The summed E-state index contributed by atoms with van der Waals surface area (Å²) in [5.74, 6) is -0.0181. The number of carbonyl (C=O) groups excluding carboxylic acids is 1. The lowest BCUT2D eigenvalue weighted by atomic mass is 10.1. The van der Waals surface area contributed by atoms with E-state index in [0.717, 1.165) is 13.0 Å². The van der Waals surface area contributed by atoms with Gasteiger partial charge < -0.3 is 15.4 Å². The first-order valence-electron chi connectivity index (χ1n) is 6.58. The van der Waals surface area contributed by atoms with Crippen LogP contribution in [0.4, 0.5) is 0 Å². The van der Waals surface area contributed by atoms with E-state index >= 15 is 0 Å². The number of nitrogens with zero attached hydrogens (tertiary/aromatic N) is 1. The number of carbonyl (C=O) groups is 1. The van der Waals surface area contributed by atoms with Gasteiger partial charge in [0.05, 0.1) is 11.7 Å². The molecule has 104 valence electrons. The van der Waals surface area contributed by atoms with Gasteiger partial charge in [0, 0.05) is 13.1 Å². The molecule has 18 heavy (non-hydrogen) atoms. The minimum Gasteiger partial charge on any atom is -0.371 e. The molecule has 0 saturated carbocycles. The molecule has 0 saturated heterocycles. The highest BCUT2D eigenvalue weighted by molar-refractivity contribution is 5.82. The van der Waals surface area contributed by atoms with Crippen LogP contribution in [0.25, 0.3) is 0 Å². The van der Waals surface area contributed by atoms with Crippen LogP contribution in [0.1, 0.15) is 41.0 Å². The van der Waals surface area contributed by atoms with Crippen LogP contribution in [-0.4, -0.2) is 41.6 Å². The number of hydrogen-bond donors (Lipinski definition) is 1. The van der Waals surface area contributed by atoms with Crippen LogP contribution >= 0.6 is 0 Å². The summed E-state index contributed by atoms with van der Waals surface area (Å²) < 4.78 is 5.74. The fourth-order valence-electron chi connectivity index (χ4n) is 2.01. The van der Waals surface area contributed by atoms with Gasteiger partial charge in [0.15, 0.2) is 0 Å². The second-order valence-corrected chi connectivity index (χ2v) is 6.05. The van der Waals surface area contributed by atoms with E-state index in [1.54, 1.807) is 4.90 Å². The first-order chi connectivity index (χ1) is 8.20. The molecule has 0 aromatic carbocycles. The van der Waals surface area contributed by atoms with Gasteiger partial charge in [-0.3, -0.25) is 4.79 Å². The molecule has 2 N–H and O–H groups in total. The minimum absolute atomic E-state index is 0.0181. The molecule has 1 rings (SSSR count). The Hall–Kier alpha value is -0.870. The van der Waals surface area contributed by atoms with Gasteiger partial charge in [-0.15, -0.1) is 0 Å². The lowest BCUT2D eigenvalue weighted by Crippen LogP contribution is -2.52. The maximum absolute atomic E-state index is 12.2. The normalized spacial score (nSPS) is 20.3. The average molecular weight is 254 g/mol. The molecule has 0 bridgehead atoms. The van der Waals surface area contributed by atoms with E-state index < -0.39 is 6.04 Å². The zero-order chi connectivity index (χ0) is 13.9. The monoisotopic (exact) mass is 254 g/mol. The lowest BCUT2D eigenvalue weighted by molar-refractivity contribution is -0.139. The van der Waals surface area contributed by atoms with Crippen LogP contribution in [-0.2, 0) is 9.53 Å². The molecular weight excluding hydrogens is 228 g/mol. The quantitative estimate of drug-likeness (QED) is 0.780. The maximum Gasteiger partial charge on any atom is 0.242 e.